The van der Waals surface area contributed by atoms with Gasteiger partial charge in [0.1, 0.15) is 10.6 Å². The lowest BCUT2D eigenvalue weighted by molar-refractivity contribution is 0.0744. The molecule has 0 aliphatic rings. The molecule has 0 atom stereocenters. The first-order chi connectivity index (χ1) is 16.7. The maximum Gasteiger partial charge on any atom is 0.353 e. The third kappa shape index (κ3) is 4.72. The maximum absolute atomic E-state index is 13.0. The van der Waals surface area contributed by atoms with E-state index in [0.717, 1.165) is 9.75 Å². The number of halogens is 4. The predicted octanol–water partition coefficient (Wildman–Crippen LogP) is 10.2. The predicted molar refractivity (Wildman–Crippen MR) is 156 cm³/mol. The highest BCUT2D eigenvalue weighted by Gasteiger charge is 2.29. The summed E-state index contributed by atoms with van der Waals surface area (Å²) in [6, 6.07) is 7.28. The summed E-state index contributed by atoms with van der Waals surface area (Å²) in [7, 11) is 0. The molecule has 12 heteroatoms. The van der Waals surface area contributed by atoms with Gasteiger partial charge in [0, 0.05) is 9.75 Å². The quantitative estimate of drug-likeness (QED) is 0.100. The molecule has 1 aromatic carbocycles. The first-order valence-corrected chi connectivity index (χ1v) is 15.5. The van der Waals surface area contributed by atoms with E-state index in [2.05, 4.69) is 31.9 Å². The molecule has 0 radical (unpaired) electrons. The highest BCUT2D eigenvalue weighted by atomic mass is 79.9. The Kier molecular flexibility index (Phi) is 7.37. The molecule has 4 aromatic heterocycles. The topological polar surface area (TPSA) is 52.6 Å². The Morgan fingerprint density at radius 1 is 0.800 bits per heavy atom. The summed E-state index contributed by atoms with van der Waals surface area (Å²) in [6.07, 6.45) is 0. The first kappa shape index (κ1) is 25.7. The average Bonchev–Trinajstić information content (AvgIpc) is 3.57. The number of ketones is 1. The largest absolute Gasteiger partial charge is 0.483 e. The molecule has 0 fully saturated rings. The number of thiophene rings is 4. The van der Waals surface area contributed by atoms with Crippen molar-refractivity contribution in [2.24, 2.45) is 0 Å². The number of esters is 1. The van der Waals surface area contributed by atoms with Crippen molar-refractivity contribution in [3.05, 3.63) is 61.4 Å². The second kappa shape index (κ2) is 10.1. The summed E-state index contributed by atoms with van der Waals surface area (Å²) >= 11 is 25.7. The number of fused-ring (bicyclic) bond motifs is 2. The zero-order valence-corrected chi connectivity index (χ0v) is 25.7. The van der Waals surface area contributed by atoms with Gasteiger partial charge in [-0.1, -0.05) is 23.2 Å². The number of ether oxygens (including phenoxy) is 2. The van der Waals surface area contributed by atoms with Crippen LogP contribution in [-0.2, 0) is 0 Å². The fourth-order valence-corrected chi connectivity index (χ4v) is 8.87. The third-order valence-electron chi connectivity index (χ3n) is 4.99. The van der Waals surface area contributed by atoms with Gasteiger partial charge in [-0.25, -0.2) is 4.79 Å². The van der Waals surface area contributed by atoms with Gasteiger partial charge in [-0.2, -0.15) is 0 Å². The summed E-state index contributed by atoms with van der Waals surface area (Å²) in [5.41, 5.74) is 0. The molecule has 180 valence electrons. The summed E-state index contributed by atoms with van der Waals surface area (Å²) < 4.78 is 14.6. The third-order valence-corrected chi connectivity index (χ3v) is 12.2. The van der Waals surface area contributed by atoms with Gasteiger partial charge in [0.05, 0.1) is 42.7 Å². The lowest BCUT2D eigenvalue weighted by atomic mass is 10.1. The van der Waals surface area contributed by atoms with Crippen molar-refractivity contribution in [1.82, 2.24) is 0 Å². The average molecular weight is 711 g/mol. The minimum atomic E-state index is -0.485. The monoisotopic (exact) mass is 708 g/mol. The molecule has 4 nitrogen and oxygen atoms in total. The summed E-state index contributed by atoms with van der Waals surface area (Å²) in [4.78, 5) is 28.9. The minimum absolute atomic E-state index is 0.139. The fraction of sp³-hybridized carbons (Fsp3) is 0.130. The van der Waals surface area contributed by atoms with Gasteiger partial charge in [0.25, 0.3) is 0 Å². The van der Waals surface area contributed by atoms with E-state index in [9.17, 15) is 9.59 Å². The second-order valence-electron chi connectivity index (χ2n) is 7.37. The molecule has 0 saturated heterocycles. The molecule has 4 heterocycles. The van der Waals surface area contributed by atoms with Gasteiger partial charge in [-0.15, -0.1) is 45.3 Å². The van der Waals surface area contributed by atoms with Gasteiger partial charge in [0.15, 0.2) is 12.4 Å². The molecule has 35 heavy (non-hydrogen) atoms. The van der Waals surface area contributed by atoms with Crippen molar-refractivity contribution < 1.29 is 19.1 Å². The number of Topliss-reactive ketones (excluding diaryl/α,β-unsaturated/α-hetero) is 1. The van der Waals surface area contributed by atoms with Crippen molar-refractivity contribution in [3.8, 4) is 11.5 Å². The lowest BCUT2D eigenvalue weighted by Crippen LogP contribution is -2.11. The number of aryl methyl sites for hydroxylation is 2. The molecule has 0 unspecified atom stereocenters. The summed E-state index contributed by atoms with van der Waals surface area (Å²) in [5.74, 6) is 0.109. The Hall–Kier alpha value is -0.980. The van der Waals surface area contributed by atoms with E-state index in [0.29, 0.717) is 59.0 Å². The van der Waals surface area contributed by atoms with E-state index >= 15 is 0 Å². The van der Waals surface area contributed by atoms with E-state index < -0.39 is 5.97 Å². The standard InChI is InChI=1S/C23H12Br2Cl2O4S4/c1-8-3-5-11(32-8)10(28)7-30-17-13-15(26)21(24)35-20(13)18(14-16(27)22(25)34-19(14)17)31-23(29)12-6-4-9(2)33-12/h3-6H,7H2,1-2H3. The number of hydrogen-bond donors (Lipinski definition) is 0. The number of hydrogen-bond acceptors (Lipinski definition) is 8. The van der Waals surface area contributed by atoms with E-state index in [-0.39, 0.29) is 12.4 Å². The van der Waals surface area contributed by atoms with Crippen molar-refractivity contribution >= 4 is 132 Å². The Morgan fingerprint density at radius 3 is 1.86 bits per heavy atom. The summed E-state index contributed by atoms with van der Waals surface area (Å²) in [5, 5.41) is 1.88. The number of rotatable bonds is 6. The van der Waals surface area contributed by atoms with Crippen molar-refractivity contribution in [2.45, 2.75) is 13.8 Å². The van der Waals surface area contributed by atoms with Crippen LogP contribution in [-0.4, -0.2) is 18.4 Å². The second-order valence-corrected chi connectivity index (χ2v) is 15.4. The molecule has 0 N–H and O–H groups in total. The SMILES string of the molecule is Cc1ccc(C(=O)COc2c3sc(Br)c(Cl)c3c(OC(=O)c3ccc(C)s3)c3sc(Br)c(Cl)c23)s1. The first-order valence-electron chi connectivity index (χ1n) is 9.87. The van der Waals surface area contributed by atoms with Crippen LogP contribution >= 0.6 is 100 Å². The Labute approximate surface area is 242 Å². The number of carbonyl (C=O) groups excluding carboxylic acids is 2. The van der Waals surface area contributed by atoms with Crippen molar-refractivity contribution in [1.29, 1.82) is 0 Å². The van der Waals surface area contributed by atoms with Crippen LogP contribution in [0.4, 0.5) is 0 Å². The minimum Gasteiger partial charge on any atom is -0.483 e. The van der Waals surface area contributed by atoms with Gasteiger partial charge < -0.3 is 9.47 Å². The molecule has 0 bridgehead atoms. The van der Waals surface area contributed by atoms with Crippen LogP contribution in [0.25, 0.3) is 20.2 Å². The Balaban J connectivity index is 1.66. The Bertz CT molecular complexity index is 1650. The smallest absolute Gasteiger partial charge is 0.353 e. The molecule has 0 amide bonds. The van der Waals surface area contributed by atoms with Crippen LogP contribution in [0.2, 0.25) is 10.0 Å². The molecule has 0 aliphatic heterocycles. The van der Waals surface area contributed by atoms with Gasteiger partial charge in [0.2, 0.25) is 5.78 Å². The van der Waals surface area contributed by atoms with Crippen LogP contribution in [0.5, 0.6) is 11.5 Å². The van der Waals surface area contributed by atoms with Crippen molar-refractivity contribution in [3.63, 3.8) is 0 Å². The number of carbonyl (C=O) groups is 2. The fourth-order valence-electron chi connectivity index (χ4n) is 3.43. The zero-order valence-electron chi connectivity index (χ0n) is 17.8. The van der Waals surface area contributed by atoms with Gasteiger partial charge in [-0.05, 0) is 70.0 Å². The highest BCUT2D eigenvalue weighted by Crippen LogP contribution is 2.57. The molecular weight excluding hydrogens is 699 g/mol. The normalized spacial score (nSPS) is 11.5. The van der Waals surface area contributed by atoms with Crippen LogP contribution in [0.3, 0.4) is 0 Å². The van der Waals surface area contributed by atoms with E-state index in [1.807, 2.05) is 26.0 Å². The van der Waals surface area contributed by atoms with Gasteiger partial charge in [-0.3, -0.25) is 4.79 Å². The van der Waals surface area contributed by atoms with Crippen LogP contribution in [0.1, 0.15) is 29.1 Å². The van der Waals surface area contributed by atoms with Crippen LogP contribution in [0.15, 0.2) is 31.8 Å². The molecule has 0 spiro atoms. The molecule has 0 aliphatic carbocycles. The molecule has 5 aromatic rings. The highest BCUT2D eigenvalue weighted by molar-refractivity contribution is 9.11. The lowest BCUT2D eigenvalue weighted by Gasteiger charge is -2.13. The van der Waals surface area contributed by atoms with E-state index in [4.69, 9.17) is 32.7 Å². The van der Waals surface area contributed by atoms with Crippen LogP contribution < -0.4 is 9.47 Å². The molecular formula is C23H12Br2Cl2O4S4. The number of benzene rings is 1. The molecule has 5 rings (SSSR count). The summed E-state index contributed by atoms with van der Waals surface area (Å²) in [6.45, 7) is 3.70. The zero-order chi connectivity index (χ0) is 25.0. The Morgan fingerprint density at radius 2 is 1.31 bits per heavy atom. The van der Waals surface area contributed by atoms with Gasteiger partial charge >= 0.3 is 5.97 Å². The van der Waals surface area contributed by atoms with E-state index in [1.165, 1.54) is 45.3 Å². The van der Waals surface area contributed by atoms with E-state index in [1.54, 1.807) is 12.1 Å². The maximum atomic E-state index is 13.0. The van der Waals surface area contributed by atoms with Crippen LogP contribution in [0, 0.1) is 13.8 Å². The van der Waals surface area contributed by atoms with Crippen molar-refractivity contribution in [2.75, 3.05) is 6.61 Å². The molecule has 0 saturated carbocycles.